The van der Waals surface area contributed by atoms with Crippen LogP contribution in [-0.4, -0.2) is 12.5 Å². The number of hydrogen-bond donors (Lipinski definition) is 1. The molecule has 2 nitrogen and oxygen atoms in total. The van der Waals surface area contributed by atoms with Crippen LogP contribution in [0.25, 0.3) is 0 Å². The lowest BCUT2D eigenvalue weighted by atomic mass is 10.6. The minimum atomic E-state index is 0.0402. The van der Waals surface area contributed by atoms with E-state index in [0.29, 0.717) is 0 Å². The summed E-state index contributed by atoms with van der Waals surface area (Å²) < 4.78 is 0. The molecule has 0 bridgehead atoms. The number of nitrogens with one attached hydrogen (secondary N) is 1. The maximum absolute atomic E-state index is 10.2. The normalized spacial score (nSPS) is 14.9. The third kappa shape index (κ3) is 2.02. The second-order valence-electron chi connectivity index (χ2n) is 1.61. The topological polar surface area (TPSA) is 29.1 Å². The van der Waals surface area contributed by atoms with Crippen LogP contribution in [0.2, 0.25) is 0 Å². The van der Waals surface area contributed by atoms with E-state index in [4.69, 9.17) is 0 Å². The summed E-state index contributed by atoms with van der Waals surface area (Å²) in [5.74, 6) is 0.0402. The van der Waals surface area contributed by atoms with Gasteiger partial charge in [0.25, 0.3) is 0 Å². The molecule has 0 spiro atoms. The smallest absolute Gasteiger partial charge is 0.217 e. The predicted molar refractivity (Wildman–Crippen MR) is 34.4 cm³/mol. The number of carbonyl (C=O) groups excluding carboxylic acids is 1. The van der Waals surface area contributed by atoms with Crippen LogP contribution >= 0.6 is 11.8 Å². The molecule has 0 unspecified atom stereocenters. The average Bonchev–Trinajstić information content (AvgIpc) is 2.41. The van der Waals surface area contributed by atoms with E-state index in [0.717, 1.165) is 6.54 Å². The summed E-state index contributed by atoms with van der Waals surface area (Å²) in [6, 6.07) is 0. The molecule has 1 aliphatic rings. The van der Waals surface area contributed by atoms with Crippen molar-refractivity contribution in [1.29, 1.82) is 0 Å². The van der Waals surface area contributed by atoms with Gasteiger partial charge in [0.15, 0.2) is 0 Å². The van der Waals surface area contributed by atoms with E-state index < -0.39 is 0 Å². The van der Waals surface area contributed by atoms with Crippen molar-refractivity contribution in [2.75, 3.05) is 6.54 Å². The number of carbonyl (C=O) groups is 1. The number of thioether (sulfide) groups is 1. The van der Waals surface area contributed by atoms with Crippen LogP contribution in [0.3, 0.4) is 0 Å². The summed E-state index contributed by atoms with van der Waals surface area (Å²) in [5.41, 5.74) is 0. The lowest BCUT2D eigenvalue weighted by molar-refractivity contribution is -0.118. The molecule has 0 fully saturated rings. The summed E-state index contributed by atoms with van der Waals surface area (Å²) >= 11 is 1.69. The Balaban J connectivity index is 2.04. The Bertz CT molecular complexity index is 139. The molecular formula is C5H7NOS. The summed E-state index contributed by atoms with van der Waals surface area (Å²) in [7, 11) is 0. The molecule has 1 heterocycles. The Morgan fingerprint density at radius 3 is 3.00 bits per heavy atom. The quantitative estimate of drug-likeness (QED) is 0.595. The molecule has 8 heavy (non-hydrogen) atoms. The van der Waals surface area contributed by atoms with Crippen LogP contribution in [0.15, 0.2) is 10.3 Å². The van der Waals surface area contributed by atoms with Gasteiger partial charge >= 0.3 is 0 Å². The van der Waals surface area contributed by atoms with Gasteiger partial charge in [-0.05, 0) is 5.41 Å². The first-order chi connectivity index (χ1) is 3.79. The van der Waals surface area contributed by atoms with Gasteiger partial charge in [0.1, 0.15) is 0 Å². The van der Waals surface area contributed by atoms with E-state index in [9.17, 15) is 4.79 Å². The summed E-state index contributed by atoms with van der Waals surface area (Å²) in [5, 5.41) is 4.70. The molecule has 0 saturated heterocycles. The fraction of sp³-hybridized carbons (Fsp3) is 0.400. The van der Waals surface area contributed by atoms with Crippen molar-refractivity contribution in [2.45, 2.75) is 6.92 Å². The number of amides is 1. The van der Waals surface area contributed by atoms with Gasteiger partial charge in [0.05, 0.1) is 0 Å². The van der Waals surface area contributed by atoms with E-state index in [1.807, 2.05) is 5.41 Å². The third-order valence-corrected chi connectivity index (χ3v) is 1.51. The van der Waals surface area contributed by atoms with Crippen LogP contribution in [-0.2, 0) is 4.79 Å². The molecule has 0 aromatic rings. The minimum Gasteiger partial charge on any atom is -0.352 e. The molecule has 0 aromatic heterocycles. The highest BCUT2D eigenvalue weighted by atomic mass is 32.2. The van der Waals surface area contributed by atoms with Crippen molar-refractivity contribution >= 4 is 17.7 Å². The van der Waals surface area contributed by atoms with Gasteiger partial charge in [-0.15, -0.1) is 0 Å². The molecule has 0 atom stereocenters. The Labute approximate surface area is 52.3 Å². The van der Waals surface area contributed by atoms with Crippen LogP contribution in [0, 0.1) is 0 Å². The second-order valence-corrected chi connectivity index (χ2v) is 2.61. The standard InChI is InChI=1S/C5H7NOS/c1-4(7)6-2-5-3-8-5/h3H,2H2,1H3,(H,6,7). The number of hydrogen-bond acceptors (Lipinski definition) is 2. The van der Waals surface area contributed by atoms with Crippen molar-refractivity contribution < 1.29 is 4.79 Å². The largest absolute Gasteiger partial charge is 0.352 e. The summed E-state index contributed by atoms with van der Waals surface area (Å²) in [6.07, 6.45) is 0. The third-order valence-electron chi connectivity index (χ3n) is 0.796. The molecule has 1 aliphatic heterocycles. The Kier molecular flexibility index (Phi) is 1.58. The highest BCUT2D eigenvalue weighted by Crippen LogP contribution is 2.32. The first-order valence-electron chi connectivity index (χ1n) is 2.39. The summed E-state index contributed by atoms with van der Waals surface area (Å²) in [6.45, 7) is 2.24. The maximum Gasteiger partial charge on any atom is 0.217 e. The average molecular weight is 129 g/mol. The van der Waals surface area contributed by atoms with Gasteiger partial charge in [-0.25, -0.2) is 0 Å². The molecule has 0 radical (unpaired) electrons. The zero-order valence-corrected chi connectivity index (χ0v) is 5.42. The Morgan fingerprint density at radius 1 is 2.00 bits per heavy atom. The van der Waals surface area contributed by atoms with E-state index in [2.05, 4.69) is 5.32 Å². The lowest BCUT2D eigenvalue weighted by Gasteiger charge is -1.92. The summed E-state index contributed by atoms with van der Waals surface area (Å²) in [4.78, 5) is 11.5. The van der Waals surface area contributed by atoms with E-state index in [1.54, 1.807) is 11.8 Å². The molecule has 0 aromatic carbocycles. The first kappa shape index (κ1) is 5.69. The second kappa shape index (κ2) is 2.22. The minimum absolute atomic E-state index is 0.0402. The Hall–Kier alpha value is -0.440. The number of rotatable bonds is 2. The molecule has 0 saturated carbocycles. The fourth-order valence-electron chi connectivity index (χ4n) is 0.337. The van der Waals surface area contributed by atoms with Crippen LogP contribution in [0.5, 0.6) is 0 Å². The van der Waals surface area contributed by atoms with Gasteiger partial charge in [0.2, 0.25) is 5.91 Å². The molecule has 44 valence electrons. The molecule has 1 amide bonds. The molecule has 1 N–H and O–H groups in total. The molecule has 1 rings (SSSR count). The SMILES string of the molecule is CC(=O)NCC1=CS1. The monoisotopic (exact) mass is 129 g/mol. The van der Waals surface area contributed by atoms with Gasteiger partial charge in [-0.3, -0.25) is 4.79 Å². The fourth-order valence-corrected chi connectivity index (χ4v) is 0.659. The lowest BCUT2D eigenvalue weighted by Crippen LogP contribution is -2.19. The van der Waals surface area contributed by atoms with Gasteiger partial charge < -0.3 is 5.32 Å². The zero-order valence-electron chi connectivity index (χ0n) is 4.60. The van der Waals surface area contributed by atoms with Crippen LogP contribution in [0.4, 0.5) is 0 Å². The Morgan fingerprint density at radius 2 is 2.62 bits per heavy atom. The van der Waals surface area contributed by atoms with Crippen molar-refractivity contribution in [2.24, 2.45) is 0 Å². The van der Waals surface area contributed by atoms with Gasteiger partial charge in [-0.2, -0.15) is 0 Å². The highest BCUT2D eigenvalue weighted by Gasteiger charge is 2.06. The zero-order chi connectivity index (χ0) is 5.98. The van der Waals surface area contributed by atoms with Crippen LogP contribution in [0.1, 0.15) is 6.92 Å². The van der Waals surface area contributed by atoms with Gasteiger partial charge in [-0.1, -0.05) is 11.8 Å². The van der Waals surface area contributed by atoms with E-state index in [-0.39, 0.29) is 5.91 Å². The van der Waals surface area contributed by atoms with Crippen molar-refractivity contribution in [3.8, 4) is 0 Å². The highest BCUT2D eigenvalue weighted by molar-refractivity contribution is 8.12. The molecule has 3 heteroatoms. The predicted octanol–water partition coefficient (Wildman–Crippen LogP) is 0.711. The van der Waals surface area contributed by atoms with Crippen molar-refractivity contribution in [3.05, 3.63) is 10.3 Å². The van der Waals surface area contributed by atoms with Gasteiger partial charge in [0, 0.05) is 18.4 Å². The van der Waals surface area contributed by atoms with Crippen molar-refractivity contribution in [3.63, 3.8) is 0 Å². The first-order valence-corrected chi connectivity index (χ1v) is 3.27. The molecule has 0 aliphatic carbocycles. The van der Waals surface area contributed by atoms with E-state index in [1.165, 1.54) is 11.8 Å². The van der Waals surface area contributed by atoms with Crippen LogP contribution < -0.4 is 5.32 Å². The van der Waals surface area contributed by atoms with Crippen molar-refractivity contribution in [1.82, 2.24) is 5.32 Å². The van der Waals surface area contributed by atoms with E-state index >= 15 is 0 Å². The molecular weight excluding hydrogens is 122 g/mol. The maximum atomic E-state index is 10.2.